The number of carbonyl (C=O) groups excluding carboxylic acids is 2. The van der Waals surface area contributed by atoms with E-state index in [1.165, 1.54) is 0 Å². The summed E-state index contributed by atoms with van der Waals surface area (Å²) in [6.45, 7) is 9.89. The molecule has 1 N–H and O–H groups in total. The summed E-state index contributed by atoms with van der Waals surface area (Å²) in [5.41, 5.74) is 6.51. The first-order chi connectivity index (χ1) is 24.0. The molecular weight excluding hydrogens is 673 g/mol. The highest BCUT2D eigenvalue weighted by molar-refractivity contribution is 6.39. The molecule has 1 spiro atoms. The van der Waals surface area contributed by atoms with Gasteiger partial charge in [0.25, 0.3) is 5.91 Å². The molecule has 2 fully saturated rings. The summed E-state index contributed by atoms with van der Waals surface area (Å²) in [5.74, 6) is 0.869. The molecule has 7 rings (SSSR count). The van der Waals surface area contributed by atoms with Crippen molar-refractivity contribution >= 4 is 40.7 Å². The Bertz CT molecular complexity index is 1970. The molecule has 50 heavy (non-hydrogen) atoms. The van der Waals surface area contributed by atoms with Crippen LogP contribution in [0.15, 0.2) is 48.5 Å². The van der Waals surface area contributed by atoms with Crippen molar-refractivity contribution in [1.82, 2.24) is 29.2 Å². The van der Waals surface area contributed by atoms with Gasteiger partial charge in [0.05, 0.1) is 34.2 Å². The highest BCUT2D eigenvalue weighted by Crippen LogP contribution is 2.43. The summed E-state index contributed by atoms with van der Waals surface area (Å²) < 4.78 is 7.65. The number of likely N-dealkylation sites (N-methyl/N-ethyl adjacent to an activating group) is 1. The highest BCUT2D eigenvalue weighted by Gasteiger charge is 2.48. The number of imidazole rings is 1. The number of pyridine rings is 1. The number of aromatic nitrogens is 3. The summed E-state index contributed by atoms with van der Waals surface area (Å²) in [7, 11) is 5.57. The molecule has 12 heteroatoms. The van der Waals surface area contributed by atoms with Crippen molar-refractivity contribution < 1.29 is 14.3 Å². The van der Waals surface area contributed by atoms with Gasteiger partial charge < -0.3 is 24.4 Å². The van der Waals surface area contributed by atoms with Gasteiger partial charge in [-0.1, -0.05) is 73.4 Å². The van der Waals surface area contributed by atoms with Gasteiger partial charge in [-0.05, 0) is 25.6 Å². The van der Waals surface area contributed by atoms with Gasteiger partial charge in [-0.2, -0.15) is 0 Å². The molecule has 0 aliphatic carbocycles. The van der Waals surface area contributed by atoms with Crippen molar-refractivity contribution in [3.8, 4) is 28.3 Å². The molecule has 4 aromatic rings. The largest absolute Gasteiger partial charge is 0.481 e. The third kappa shape index (κ3) is 6.38. The molecule has 3 aliphatic rings. The van der Waals surface area contributed by atoms with Gasteiger partial charge in [-0.3, -0.25) is 14.5 Å². The number of methoxy groups -OCH3 is 1. The van der Waals surface area contributed by atoms with E-state index in [-0.39, 0.29) is 23.1 Å². The van der Waals surface area contributed by atoms with E-state index in [4.69, 9.17) is 32.9 Å². The SMILES string of the molecule is COc1nc(-c2cccc(-c3cccc(NC(=O)c4nc5c(n4C)CCN(C)C5)c3Cl)c2Cl)ccc1CN1CC2(CCN(C(=O)C(C)C)C2)C1. The standard InChI is InChI=1S/C38H43Cl2N7O3/c1-23(2)37(49)47-17-15-38(22-47)20-46(21-38)18-24-12-13-28(43-36(24)50-5)27-10-6-8-25(32(27)39)26-9-7-11-29(33(26)40)42-35(48)34-41-30-19-44(3)16-14-31(30)45(34)4/h6-13,23H,14-22H2,1-5H3,(H,42,48). The van der Waals surface area contributed by atoms with Crippen molar-refractivity contribution in [2.75, 3.05) is 52.2 Å². The van der Waals surface area contributed by atoms with E-state index in [1.807, 2.05) is 66.8 Å². The second-order valence-corrected chi connectivity index (χ2v) is 15.1. The maximum atomic E-state index is 13.4. The number of hydrogen-bond acceptors (Lipinski definition) is 7. The van der Waals surface area contributed by atoms with E-state index in [9.17, 15) is 9.59 Å². The molecular formula is C38H43Cl2N7O3. The predicted octanol–water partition coefficient (Wildman–Crippen LogP) is 6.40. The Morgan fingerprint density at radius 1 is 0.940 bits per heavy atom. The number of hydrogen-bond donors (Lipinski definition) is 1. The number of benzene rings is 2. The van der Waals surface area contributed by atoms with Gasteiger partial charge in [0, 0.05) is 98.6 Å². The Morgan fingerprint density at radius 2 is 1.66 bits per heavy atom. The Hall–Kier alpha value is -3.96. The van der Waals surface area contributed by atoms with Crippen LogP contribution in [-0.4, -0.2) is 87.9 Å². The average molecular weight is 717 g/mol. The Balaban J connectivity index is 1.07. The first-order valence-electron chi connectivity index (χ1n) is 17.1. The van der Waals surface area contributed by atoms with Crippen LogP contribution in [0, 0.1) is 11.3 Å². The molecule has 0 bridgehead atoms. The van der Waals surface area contributed by atoms with E-state index in [2.05, 4.69) is 33.2 Å². The summed E-state index contributed by atoms with van der Waals surface area (Å²) >= 11 is 14.0. The zero-order valence-electron chi connectivity index (χ0n) is 29.2. The lowest BCUT2D eigenvalue weighted by Gasteiger charge is -2.48. The molecule has 0 saturated carbocycles. The first kappa shape index (κ1) is 34.5. The number of likely N-dealkylation sites (tertiary alicyclic amines) is 2. The van der Waals surface area contributed by atoms with E-state index in [1.54, 1.807) is 13.2 Å². The summed E-state index contributed by atoms with van der Waals surface area (Å²) in [5, 5.41) is 3.85. The number of amides is 2. The number of rotatable bonds is 8. The summed E-state index contributed by atoms with van der Waals surface area (Å²) in [4.78, 5) is 42.1. The van der Waals surface area contributed by atoms with Crippen LogP contribution in [0.4, 0.5) is 5.69 Å². The van der Waals surface area contributed by atoms with Crippen molar-refractivity contribution in [2.24, 2.45) is 18.4 Å². The van der Waals surface area contributed by atoms with Crippen LogP contribution in [0.3, 0.4) is 0 Å². The molecule has 0 unspecified atom stereocenters. The summed E-state index contributed by atoms with van der Waals surface area (Å²) in [6, 6.07) is 15.3. The maximum Gasteiger partial charge on any atom is 0.291 e. The van der Waals surface area contributed by atoms with Crippen molar-refractivity contribution in [3.63, 3.8) is 0 Å². The van der Waals surface area contributed by atoms with Gasteiger partial charge in [0.2, 0.25) is 11.8 Å². The minimum atomic E-state index is -0.320. The lowest BCUT2D eigenvalue weighted by Crippen LogP contribution is -2.57. The molecule has 2 saturated heterocycles. The number of nitrogens with one attached hydrogen (secondary N) is 1. The van der Waals surface area contributed by atoms with E-state index in [0.717, 1.165) is 80.2 Å². The number of halogens is 2. The van der Waals surface area contributed by atoms with Crippen LogP contribution in [-0.2, 0) is 31.4 Å². The Labute approximate surface area is 303 Å². The predicted molar refractivity (Wildman–Crippen MR) is 197 cm³/mol. The molecule has 2 aromatic carbocycles. The van der Waals surface area contributed by atoms with Crippen molar-refractivity contribution in [1.29, 1.82) is 0 Å². The van der Waals surface area contributed by atoms with Gasteiger partial charge in [0.1, 0.15) is 0 Å². The lowest BCUT2D eigenvalue weighted by molar-refractivity contribution is -0.134. The van der Waals surface area contributed by atoms with Gasteiger partial charge in [-0.25, -0.2) is 9.97 Å². The Kier molecular flexibility index (Phi) is 9.41. The van der Waals surface area contributed by atoms with Crippen LogP contribution in [0.5, 0.6) is 5.88 Å². The van der Waals surface area contributed by atoms with Crippen molar-refractivity contribution in [3.05, 3.63) is 81.4 Å². The quantitative estimate of drug-likeness (QED) is 0.226. The fourth-order valence-corrected chi connectivity index (χ4v) is 8.33. The molecule has 0 radical (unpaired) electrons. The fraction of sp³-hybridized carbons (Fsp3) is 0.421. The molecule has 0 atom stereocenters. The highest BCUT2D eigenvalue weighted by atomic mass is 35.5. The third-order valence-electron chi connectivity index (χ3n) is 10.3. The van der Waals surface area contributed by atoms with E-state index < -0.39 is 0 Å². The van der Waals surface area contributed by atoms with Gasteiger partial charge in [-0.15, -0.1) is 0 Å². The van der Waals surface area contributed by atoms with Crippen LogP contribution in [0.1, 0.15) is 47.8 Å². The monoisotopic (exact) mass is 715 g/mol. The van der Waals surface area contributed by atoms with E-state index in [0.29, 0.717) is 45.2 Å². The number of anilines is 1. The number of ether oxygens (including phenoxy) is 1. The molecule has 2 amide bonds. The minimum Gasteiger partial charge on any atom is -0.481 e. The smallest absolute Gasteiger partial charge is 0.291 e. The van der Waals surface area contributed by atoms with Crippen LogP contribution in [0.25, 0.3) is 22.4 Å². The van der Waals surface area contributed by atoms with Crippen LogP contribution >= 0.6 is 23.2 Å². The summed E-state index contributed by atoms with van der Waals surface area (Å²) in [6.07, 6.45) is 1.89. The minimum absolute atomic E-state index is 0.0324. The Morgan fingerprint density at radius 3 is 2.40 bits per heavy atom. The van der Waals surface area contributed by atoms with Gasteiger partial charge in [0.15, 0.2) is 5.82 Å². The topological polar surface area (TPSA) is 95.8 Å². The van der Waals surface area contributed by atoms with Crippen LogP contribution in [0.2, 0.25) is 10.0 Å². The number of fused-ring (bicyclic) bond motifs is 1. The first-order valence-corrected chi connectivity index (χ1v) is 17.9. The molecule has 5 heterocycles. The fourth-order valence-electron chi connectivity index (χ4n) is 7.73. The van der Waals surface area contributed by atoms with Crippen LogP contribution < -0.4 is 10.1 Å². The lowest BCUT2D eigenvalue weighted by atomic mass is 9.79. The molecule has 262 valence electrons. The second-order valence-electron chi connectivity index (χ2n) is 14.3. The zero-order chi connectivity index (χ0) is 35.3. The molecule has 10 nitrogen and oxygen atoms in total. The average Bonchev–Trinajstić information content (AvgIpc) is 3.67. The maximum absolute atomic E-state index is 13.4. The normalized spacial score (nSPS) is 17.2. The number of carbonyl (C=O) groups is 2. The zero-order valence-corrected chi connectivity index (χ0v) is 30.7. The third-order valence-corrected chi connectivity index (χ3v) is 11.2. The molecule has 2 aromatic heterocycles. The molecule has 3 aliphatic heterocycles. The second kappa shape index (κ2) is 13.6. The number of nitrogens with zero attached hydrogens (tertiary/aromatic N) is 6. The van der Waals surface area contributed by atoms with Crippen molar-refractivity contribution in [2.45, 2.75) is 39.8 Å². The van der Waals surface area contributed by atoms with Gasteiger partial charge >= 0.3 is 0 Å². The van der Waals surface area contributed by atoms with E-state index >= 15 is 0 Å².